The Labute approximate surface area is 215 Å². The number of amides is 2. The molecule has 1 aromatic heterocycles. The van der Waals surface area contributed by atoms with Crippen LogP contribution in [0.4, 0.5) is 9.93 Å². The normalized spacial score (nSPS) is 21.1. The molecule has 2 fully saturated rings. The quantitative estimate of drug-likeness (QED) is 0.291. The molecular formula is C26H35N3O4S2. The molecule has 2 saturated carbocycles. The maximum absolute atomic E-state index is 13.5. The van der Waals surface area contributed by atoms with E-state index in [0.29, 0.717) is 11.0 Å². The summed E-state index contributed by atoms with van der Waals surface area (Å²) in [6.07, 6.45) is 12.7. The van der Waals surface area contributed by atoms with E-state index in [1.54, 1.807) is 6.20 Å². The number of rotatable bonds is 9. The number of carbonyl (C=O) groups is 2. The van der Waals surface area contributed by atoms with Crippen molar-refractivity contribution in [3.63, 3.8) is 0 Å². The minimum absolute atomic E-state index is 0.0129. The lowest BCUT2D eigenvalue weighted by Crippen LogP contribution is -2.50. The third-order valence-corrected chi connectivity index (χ3v) is 9.02. The zero-order chi connectivity index (χ0) is 24.5. The van der Waals surface area contributed by atoms with Crippen LogP contribution in [-0.2, 0) is 4.79 Å². The SMILES string of the molecule is O=C(O)CSc1cnc(NC(=O)N(C2CCCCCC2)C2CCC(COc3ccccc3)CC2)s1. The average Bonchev–Trinajstić information content (AvgIpc) is 3.14. The molecule has 4 rings (SSSR count). The lowest BCUT2D eigenvalue weighted by molar-refractivity contribution is -0.133. The summed E-state index contributed by atoms with van der Waals surface area (Å²) in [6, 6.07) is 10.4. The molecule has 0 radical (unpaired) electrons. The van der Waals surface area contributed by atoms with Crippen LogP contribution in [0.1, 0.15) is 64.2 Å². The maximum Gasteiger partial charge on any atom is 0.324 e. The fourth-order valence-corrected chi connectivity index (χ4v) is 6.74. The number of nitrogens with one attached hydrogen (secondary N) is 1. The van der Waals surface area contributed by atoms with Gasteiger partial charge in [-0.3, -0.25) is 10.1 Å². The highest BCUT2D eigenvalue weighted by Crippen LogP contribution is 2.34. The van der Waals surface area contributed by atoms with E-state index in [1.807, 2.05) is 30.3 Å². The summed E-state index contributed by atoms with van der Waals surface area (Å²) in [6.45, 7) is 0.724. The Balaban J connectivity index is 1.36. The lowest BCUT2D eigenvalue weighted by atomic mass is 9.85. The van der Waals surface area contributed by atoms with Crippen molar-refractivity contribution in [3.05, 3.63) is 36.5 Å². The molecule has 2 aliphatic rings. The molecule has 0 atom stereocenters. The predicted molar refractivity (Wildman–Crippen MR) is 141 cm³/mol. The van der Waals surface area contributed by atoms with Gasteiger partial charge in [0.1, 0.15) is 5.75 Å². The molecule has 0 bridgehead atoms. The number of carbonyl (C=O) groups excluding carboxylic acids is 1. The molecule has 0 spiro atoms. The number of hydrogen-bond acceptors (Lipinski definition) is 6. The summed E-state index contributed by atoms with van der Waals surface area (Å²) in [5.41, 5.74) is 0. The Kier molecular flexibility index (Phi) is 9.71. The Morgan fingerprint density at radius 1 is 1.03 bits per heavy atom. The molecule has 190 valence electrons. The van der Waals surface area contributed by atoms with Crippen LogP contribution in [0.25, 0.3) is 0 Å². The zero-order valence-electron chi connectivity index (χ0n) is 20.1. The fraction of sp³-hybridized carbons (Fsp3) is 0.577. The van der Waals surface area contributed by atoms with Gasteiger partial charge >= 0.3 is 12.0 Å². The summed E-state index contributed by atoms with van der Waals surface area (Å²) in [7, 11) is 0. The molecule has 2 aliphatic carbocycles. The number of thiazole rings is 1. The van der Waals surface area contributed by atoms with E-state index in [2.05, 4.69) is 15.2 Å². The molecule has 7 nitrogen and oxygen atoms in total. The molecule has 9 heteroatoms. The molecule has 0 unspecified atom stereocenters. The third-order valence-electron chi connectivity index (χ3n) is 6.93. The number of para-hydroxylation sites is 1. The van der Waals surface area contributed by atoms with Crippen molar-refractivity contribution in [1.29, 1.82) is 0 Å². The van der Waals surface area contributed by atoms with Crippen molar-refractivity contribution in [1.82, 2.24) is 9.88 Å². The second-order valence-corrected chi connectivity index (χ2v) is 11.8. The van der Waals surface area contributed by atoms with E-state index in [4.69, 9.17) is 9.84 Å². The van der Waals surface area contributed by atoms with Gasteiger partial charge in [0.25, 0.3) is 0 Å². The molecule has 2 N–H and O–H groups in total. The molecule has 35 heavy (non-hydrogen) atoms. The second-order valence-electron chi connectivity index (χ2n) is 9.45. The number of ether oxygens (including phenoxy) is 1. The van der Waals surface area contributed by atoms with Gasteiger partial charge in [0.05, 0.1) is 22.8 Å². The van der Waals surface area contributed by atoms with Crippen LogP contribution in [0.15, 0.2) is 40.7 Å². The first-order valence-corrected chi connectivity index (χ1v) is 14.5. The molecule has 0 saturated heterocycles. The monoisotopic (exact) mass is 517 g/mol. The molecule has 0 aliphatic heterocycles. The highest BCUT2D eigenvalue weighted by atomic mass is 32.2. The van der Waals surface area contributed by atoms with Crippen LogP contribution in [0.3, 0.4) is 0 Å². The number of hydrogen-bond donors (Lipinski definition) is 2. The first-order chi connectivity index (χ1) is 17.1. The molecular weight excluding hydrogens is 482 g/mol. The number of benzene rings is 1. The number of carboxylic acid groups (broad SMARTS) is 1. The van der Waals surface area contributed by atoms with Crippen LogP contribution in [-0.4, -0.2) is 51.4 Å². The minimum Gasteiger partial charge on any atom is -0.493 e. The summed E-state index contributed by atoms with van der Waals surface area (Å²) in [5, 5.41) is 12.5. The van der Waals surface area contributed by atoms with Crippen LogP contribution in [0.2, 0.25) is 0 Å². The highest BCUT2D eigenvalue weighted by molar-refractivity contribution is 8.01. The van der Waals surface area contributed by atoms with E-state index in [0.717, 1.165) is 55.1 Å². The Hall–Kier alpha value is -2.26. The molecule has 1 aromatic carbocycles. The van der Waals surface area contributed by atoms with Gasteiger partial charge in [-0.05, 0) is 56.6 Å². The van der Waals surface area contributed by atoms with Gasteiger partial charge in [-0.15, -0.1) is 11.8 Å². The topological polar surface area (TPSA) is 91.8 Å². The van der Waals surface area contributed by atoms with E-state index >= 15 is 0 Å². The summed E-state index contributed by atoms with van der Waals surface area (Å²) >= 11 is 2.56. The van der Waals surface area contributed by atoms with Crippen molar-refractivity contribution in [2.24, 2.45) is 5.92 Å². The van der Waals surface area contributed by atoms with Crippen LogP contribution >= 0.6 is 23.1 Å². The Morgan fingerprint density at radius 2 is 1.71 bits per heavy atom. The number of aliphatic carboxylic acids is 1. The predicted octanol–water partition coefficient (Wildman–Crippen LogP) is 6.51. The Morgan fingerprint density at radius 3 is 2.40 bits per heavy atom. The highest BCUT2D eigenvalue weighted by Gasteiger charge is 2.34. The van der Waals surface area contributed by atoms with Gasteiger partial charge < -0.3 is 14.7 Å². The van der Waals surface area contributed by atoms with Gasteiger partial charge in [-0.1, -0.05) is 55.2 Å². The van der Waals surface area contributed by atoms with Gasteiger partial charge in [-0.25, -0.2) is 9.78 Å². The lowest BCUT2D eigenvalue weighted by Gasteiger charge is -2.41. The Bertz CT molecular complexity index is 939. The first-order valence-electron chi connectivity index (χ1n) is 12.7. The smallest absolute Gasteiger partial charge is 0.324 e. The molecule has 2 aromatic rings. The number of aromatic nitrogens is 1. The summed E-state index contributed by atoms with van der Waals surface area (Å²) < 4.78 is 6.79. The fourth-order valence-electron chi connectivity index (χ4n) is 5.16. The van der Waals surface area contributed by atoms with Crippen LogP contribution in [0, 0.1) is 5.92 Å². The second kappa shape index (κ2) is 13.2. The van der Waals surface area contributed by atoms with E-state index < -0.39 is 5.97 Å². The van der Waals surface area contributed by atoms with Crippen LogP contribution < -0.4 is 10.1 Å². The summed E-state index contributed by atoms with van der Waals surface area (Å²) in [4.78, 5) is 30.8. The maximum atomic E-state index is 13.5. The minimum atomic E-state index is -0.863. The van der Waals surface area contributed by atoms with Crippen molar-refractivity contribution in [2.75, 3.05) is 17.7 Å². The number of urea groups is 1. The van der Waals surface area contributed by atoms with Gasteiger partial charge in [0, 0.05) is 12.1 Å². The number of nitrogens with zero attached hydrogens (tertiary/aromatic N) is 2. The van der Waals surface area contributed by atoms with Gasteiger partial charge in [0.2, 0.25) is 0 Å². The summed E-state index contributed by atoms with van der Waals surface area (Å²) in [5.74, 6) is 0.552. The van der Waals surface area contributed by atoms with Crippen LogP contribution in [0.5, 0.6) is 5.75 Å². The number of thioether (sulfide) groups is 1. The molecule has 1 heterocycles. The van der Waals surface area contributed by atoms with Gasteiger partial charge in [0.15, 0.2) is 5.13 Å². The van der Waals surface area contributed by atoms with E-state index in [-0.39, 0.29) is 23.9 Å². The van der Waals surface area contributed by atoms with Crippen molar-refractivity contribution < 1.29 is 19.4 Å². The van der Waals surface area contributed by atoms with Crippen molar-refractivity contribution >= 4 is 40.2 Å². The third kappa shape index (κ3) is 7.87. The number of anilines is 1. The van der Waals surface area contributed by atoms with E-state index in [9.17, 15) is 9.59 Å². The standard InChI is InChI=1S/C26H35N3O4S2/c30-23(31)18-34-24-16-27-25(35-24)28-26(32)29(20-8-4-1-2-5-9-20)21-14-12-19(13-15-21)17-33-22-10-6-3-7-11-22/h3,6-7,10-11,16,19-21H,1-2,4-5,8-9,12-15,17-18H2,(H,30,31)(H,27,28,32). The zero-order valence-corrected chi connectivity index (χ0v) is 21.7. The average molecular weight is 518 g/mol. The first kappa shape index (κ1) is 25.8. The van der Waals surface area contributed by atoms with E-state index in [1.165, 1.54) is 48.8 Å². The molecule has 2 amide bonds. The largest absolute Gasteiger partial charge is 0.493 e. The van der Waals surface area contributed by atoms with Crippen molar-refractivity contribution in [2.45, 2.75) is 80.5 Å². The van der Waals surface area contributed by atoms with Crippen molar-refractivity contribution in [3.8, 4) is 5.75 Å². The number of carboxylic acids is 1. The van der Waals surface area contributed by atoms with Gasteiger partial charge in [-0.2, -0.15) is 0 Å².